The number of fused-ring (bicyclic) bond motifs is 1. The summed E-state index contributed by atoms with van der Waals surface area (Å²) >= 11 is 0. The van der Waals surface area contributed by atoms with Crippen LogP contribution >= 0.6 is 0 Å². The molecule has 0 bridgehead atoms. The number of carbonyl (C=O) groups excluding carboxylic acids is 2. The quantitative estimate of drug-likeness (QED) is 0.589. The summed E-state index contributed by atoms with van der Waals surface area (Å²) in [5, 5.41) is 0. The van der Waals surface area contributed by atoms with Crippen molar-refractivity contribution in [1.29, 1.82) is 0 Å². The van der Waals surface area contributed by atoms with Crippen molar-refractivity contribution < 1.29 is 14.0 Å². The molecule has 0 atom stereocenters. The van der Waals surface area contributed by atoms with Crippen molar-refractivity contribution in [3.8, 4) is 0 Å². The second kappa shape index (κ2) is 5.57. The van der Waals surface area contributed by atoms with Crippen LogP contribution in [0.25, 0.3) is 11.1 Å². The fourth-order valence-corrected chi connectivity index (χ4v) is 1.88. The number of hydrogen-bond donors (Lipinski definition) is 3. The number of hydrogen-bond acceptors (Lipinski definition) is 6. The standard InChI is InChI=1S/C12H15N5O3/c13-7-2-1-3-8-12(7)16-11(20-8)6-17(4-9(14)18)5-10(15)19/h1-3H,4-6,13H2,(H2,14,18)(H2,15,19). The van der Waals surface area contributed by atoms with Gasteiger partial charge >= 0.3 is 0 Å². The largest absolute Gasteiger partial charge is 0.439 e. The van der Waals surface area contributed by atoms with Gasteiger partial charge in [0.05, 0.1) is 25.3 Å². The third-order valence-corrected chi connectivity index (χ3v) is 2.61. The molecule has 2 aromatic rings. The highest BCUT2D eigenvalue weighted by atomic mass is 16.3. The number of nitrogens with two attached hydrogens (primary N) is 3. The summed E-state index contributed by atoms with van der Waals surface area (Å²) in [6.07, 6.45) is 0. The molecule has 2 rings (SSSR count). The van der Waals surface area contributed by atoms with Crippen LogP contribution in [0.4, 0.5) is 5.69 Å². The van der Waals surface area contributed by atoms with Gasteiger partial charge in [-0.05, 0) is 12.1 Å². The Bertz CT molecular complexity index is 636. The highest BCUT2D eigenvalue weighted by Crippen LogP contribution is 2.21. The van der Waals surface area contributed by atoms with Crippen molar-refractivity contribution >= 4 is 28.6 Å². The molecule has 0 aliphatic carbocycles. The lowest BCUT2D eigenvalue weighted by Crippen LogP contribution is -2.39. The average Bonchev–Trinajstić information content (AvgIpc) is 2.71. The predicted octanol–water partition coefficient (Wildman–Crippen LogP) is -0.817. The number of carbonyl (C=O) groups is 2. The van der Waals surface area contributed by atoms with Crippen LogP contribution in [0.2, 0.25) is 0 Å². The van der Waals surface area contributed by atoms with E-state index in [2.05, 4.69) is 4.98 Å². The molecule has 106 valence electrons. The highest BCUT2D eigenvalue weighted by molar-refractivity contribution is 5.85. The number of anilines is 1. The summed E-state index contributed by atoms with van der Waals surface area (Å²) in [6.45, 7) is -0.0890. The van der Waals surface area contributed by atoms with E-state index in [4.69, 9.17) is 21.6 Å². The number of rotatable bonds is 6. The molecule has 0 aliphatic rings. The van der Waals surface area contributed by atoms with E-state index >= 15 is 0 Å². The molecular formula is C12H15N5O3. The number of aromatic nitrogens is 1. The molecule has 1 aromatic heterocycles. The van der Waals surface area contributed by atoms with Crippen molar-refractivity contribution in [3.63, 3.8) is 0 Å². The fourth-order valence-electron chi connectivity index (χ4n) is 1.88. The lowest BCUT2D eigenvalue weighted by atomic mass is 10.3. The average molecular weight is 277 g/mol. The Labute approximate surface area is 114 Å². The molecule has 2 amide bonds. The summed E-state index contributed by atoms with van der Waals surface area (Å²) in [5.41, 5.74) is 17.6. The summed E-state index contributed by atoms with van der Waals surface area (Å²) in [6, 6.07) is 5.19. The summed E-state index contributed by atoms with van der Waals surface area (Å²) in [5.74, 6) is -0.802. The van der Waals surface area contributed by atoms with Crippen LogP contribution in [0.15, 0.2) is 22.6 Å². The van der Waals surface area contributed by atoms with Gasteiger partial charge in [-0.3, -0.25) is 14.5 Å². The molecule has 1 aromatic carbocycles. The molecular weight excluding hydrogens is 262 g/mol. The molecule has 0 saturated carbocycles. The highest BCUT2D eigenvalue weighted by Gasteiger charge is 2.16. The Morgan fingerprint density at radius 1 is 1.20 bits per heavy atom. The number of benzene rings is 1. The third kappa shape index (κ3) is 3.23. The van der Waals surface area contributed by atoms with Gasteiger partial charge in [-0.25, -0.2) is 4.98 Å². The van der Waals surface area contributed by atoms with Gasteiger partial charge in [0.1, 0.15) is 5.52 Å². The van der Waals surface area contributed by atoms with Gasteiger partial charge in [-0.15, -0.1) is 0 Å². The van der Waals surface area contributed by atoms with Crippen molar-refractivity contribution in [2.24, 2.45) is 11.5 Å². The molecule has 0 fully saturated rings. The van der Waals surface area contributed by atoms with Crippen molar-refractivity contribution in [1.82, 2.24) is 9.88 Å². The van der Waals surface area contributed by atoms with Gasteiger partial charge in [0.2, 0.25) is 17.7 Å². The predicted molar refractivity (Wildman–Crippen MR) is 72.1 cm³/mol. The van der Waals surface area contributed by atoms with Gasteiger partial charge in [-0.2, -0.15) is 0 Å². The maximum absolute atomic E-state index is 11.0. The zero-order chi connectivity index (χ0) is 14.7. The molecule has 6 N–H and O–H groups in total. The third-order valence-electron chi connectivity index (χ3n) is 2.61. The monoisotopic (exact) mass is 277 g/mol. The van der Waals surface area contributed by atoms with Crippen molar-refractivity contribution in [2.75, 3.05) is 18.8 Å². The number of amides is 2. The van der Waals surface area contributed by atoms with Crippen LogP contribution in [-0.2, 0) is 16.1 Å². The molecule has 0 saturated heterocycles. The Balaban J connectivity index is 2.21. The van der Waals surface area contributed by atoms with Crippen LogP contribution in [-0.4, -0.2) is 34.8 Å². The SMILES string of the molecule is NC(=O)CN(CC(N)=O)Cc1nc2c(N)cccc2o1. The van der Waals surface area contributed by atoms with Crippen LogP contribution in [0.3, 0.4) is 0 Å². The Hall–Kier alpha value is -2.61. The van der Waals surface area contributed by atoms with Crippen LogP contribution in [0.1, 0.15) is 5.89 Å². The summed E-state index contributed by atoms with van der Waals surface area (Å²) in [7, 11) is 0. The van der Waals surface area contributed by atoms with E-state index in [-0.39, 0.29) is 19.6 Å². The maximum atomic E-state index is 11.0. The van der Waals surface area contributed by atoms with E-state index in [1.165, 1.54) is 4.90 Å². The summed E-state index contributed by atoms with van der Waals surface area (Å²) < 4.78 is 5.51. The van der Waals surface area contributed by atoms with E-state index in [1.54, 1.807) is 18.2 Å². The minimum Gasteiger partial charge on any atom is -0.439 e. The second-order valence-electron chi connectivity index (χ2n) is 4.38. The van der Waals surface area contributed by atoms with E-state index in [1.807, 2.05) is 0 Å². The second-order valence-corrected chi connectivity index (χ2v) is 4.38. The minimum atomic E-state index is -0.568. The first-order chi connectivity index (χ1) is 9.45. The van der Waals surface area contributed by atoms with E-state index < -0.39 is 11.8 Å². The van der Waals surface area contributed by atoms with Gasteiger partial charge in [-0.1, -0.05) is 6.07 Å². The molecule has 0 aliphatic heterocycles. The lowest BCUT2D eigenvalue weighted by Gasteiger charge is -2.16. The molecule has 0 spiro atoms. The molecule has 8 heteroatoms. The number of oxazole rings is 1. The van der Waals surface area contributed by atoms with Gasteiger partial charge in [0.15, 0.2) is 5.58 Å². The van der Waals surface area contributed by atoms with Crippen LogP contribution in [0, 0.1) is 0 Å². The fraction of sp³-hybridized carbons (Fsp3) is 0.250. The number of nitrogens with zero attached hydrogens (tertiary/aromatic N) is 2. The number of para-hydroxylation sites is 1. The molecule has 8 nitrogen and oxygen atoms in total. The first kappa shape index (κ1) is 13.8. The lowest BCUT2D eigenvalue weighted by molar-refractivity contribution is -0.122. The van der Waals surface area contributed by atoms with Gasteiger partial charge < -0.3 is 21.6 Å². The van der Waals surface area contributed by atoms with Crippen LogP contribution in [0.5, 0.6) is 0 Å². The van der Waals surface area contributed by atoms with Gasteiger partial charge in [0, 0.05) is 0 Å². The zero-order valence-corrected chi connectivity index (χ0v) is 10.7. The topological polar surface area (TPSA) is 141 Å². The zero-order valence-electron chi connectivity index (χ0n) is 10.7. The number of primary amides is 2. The minimum absolute atomic E-state index is 0.114. The number of nitrogen functional groups attached to an aromatic ring is 1. The molecule has 20 heavy (non-hydrogen) atoms. The maximum Gasteiger partial charge on any atom is 0.231 e. The first-order valence-electron chi connectivity index (χ1n) is 5.88. The Morgan fingerprint density at radius 3 is 2.40 bits per heavy atom. The Kier molecular flexibility index (Phi) is 3.85. The Morgan fingerprint density at radius 2 is 1.85 bits per heavy atom. The summed E-state index contributed by atoms with van der Waals surface area (Å²) in [4.78, 5) is 27.6. The van der Waals surface area contributed by atoms with Crippen molar-refractivity contribution in [3.05, 3.63) is 24.1 Å². The van der Waals surface area contributed by atoms with E-state index in [0.29, 0.717) is 22.7 Å². The first-order valence-corrected chi connectivity index (χ1v) is 5.88. The van der Waals surface area contributed by atoms with Gasteiger partial charge in [0.25, 0.3) is 0 Å². The van der Waals surface area contributed by atoms with Crippen LogP contribution < -0.4 is 17.2 Å². The molecule has 0 unspecified atom stereocenters. The molecule has 1 heterocycles. The molecule has 0 radical (unpaired) electrons. The smallest absolute Gasteiger partial charge is 0.231 e. The van der Waals surface area contributed by atoms with E-state index in [0.717, 1.165) is 0 Å². The normalized spacial score (nSPS) is 11.1. The van der Waals surface area contributed by atoms with E-state index in [9.17, 15) is 9.59 Å². The van der Waals surface area contributed by atoms with Crippen molar-refractivity contribution in [2.45, 2.75) is 6.54 Å².